The Hall–Kier alpha value is -2.15. The van der Waals surface area contributed by atoms with Crippen molar-refractivity contribution in [3.05, 3.63) is 34.4 Å². The summed E-state index contributed by atoms with van der Waals surface area (Å²) in [6.45, 7) is 5.49. The molecule has 22 heavy (non-hydrogen) atoms. The van der Waals surface area contributed by atoms with E-state index >= 15 is 0 Å². The molecule has 0 aliphatic heterocycles. The molecule has 0 radical (unpaired) electrons. The Kier molecular flexibility index (Phi) is 5.87. The van der Waals surface area contributed by atoms with Crippen molar-refractivity contribution in [2.45, 2.75) is 26.4 Å². The van der Waals surface area contributed by atoms with Gasteiger partial charge >= 0.3 is 0 Å². The number of para-hydroxylation sites is 2. The zero-order valence-corrected chi connectivity index (χ0v) is 13.4. The van der Waals surface area contributed by atoms with E-state index in [4.69, 9.17) is 0 Å². The number of carbonyl (C=O) groups is 1. The van der Waals surface area contributed by atoms with Gasteiger partial charge < -0.3 is 15.3 Å². The van der Waals surface area contributed by atoms with E-state index in [9.17, 15) is 20.0 Å². The number of carbonyl (C=O) groups excluding carboxylic acids is 1. The molecule has 0 saturated carbocycles. The molecule has 1 unspecified atom stereocenters. The van der Waals surface area contributed by atoms with E-state index in [1.54, 1.807) is 32.2 Å². The Labute approximate surface area is 130 Å². The predicted molar refractivity (Wildman–Crippen MR) is 84.8 cm³/mol. The van der Waals surface area contributed by atoms with E-state index < -0.39 is 10.5 Å². The van der Waals surface area contributed by atoms with Gasteiger partial charge in [-0.15, -0.1) is 0 Å². The minimum Gasteiger partial charge on any atom is -0.388 e. The van der Waals surface area contributed by atoms with Crippen molar-refractivity contribution in [3.63, 3.8) is 0 Å². The Balaban J connectivity index is 2.68. The molecular weight excluding hydrogens is 286 g/mol. The number of hydrogen-bond acceptors (Lipinski definition) is 5. The fourth-order valence-electron chi connectivity index (χ4n) is 1.78. The Morgan fingerprint density at radius 3 is 2.59 bits per heavy atom. The van der Waals surface area contributed by atoms with Crippen LogP contribution in [0.3, 0.4) is 0 Å². The van der Waals surface area contributed by atoms with Crippen LogP contribution in [0, 0.1) is 16.0 Å². The zero-order chi connectivity index (χ0) is 16.9. The summed E-state index contributed by atoms with van der Waals surface area (Å²) < 4.78 is 0. The van der Waals surface area contributed by atoms with E-state index in [1.165, 1.54) is 11.0 Å². The van der Waals surface area contributed by atoms with Crippen LogP contribution >= 0.6 is 0 Å². The Morgan fingerprint density at radius 1 is 1.45 bits per heavy atom. The molecule has 0 spiro atoms. The first kappa shape index (κ1) is 17.9. The summed E-state index contributed by atoms with van der Waals surface area (Å²) in [5.74, 6) is -0.303. The van der Waals surface area contributed by atoms with Gasteiger partial charge in [-0.2, -0.15) is 0 Å². The van der Waals surface area contributed by atoms with Gasteiger partial charge in [0.1, 0.15) is 5.69 Å². The second-order valence-corrected chi connectivity index (χ2v) is 5.89. The molecule has 0 fully saturated rings. The number of nitro benzene ring substituents is 1. The third kappa shape index (κ3) is 4.70. The molecule has 0 aromatic heterocycles. The van der Waals surface area contributed by atoms with E-state index in [2.05, 4.69) is 5.32 Å². The van der Waals surface area contributed by atoms with Crippen molar-refractivity contribution >= 4 is 17.3 Å². The first-order chi connectivity index (χ1) is 10.1. The summed E-state index contributed by atoms with van der Waals surface area (Å²) in [5.41, 5.74) is -0.669. The van der Waals surface area contributed by atoms with Crippen LogP contribution in [0.4, 0.5) is 11.4 Å². The lowest BCUT2D eigenvalue weighted by Crippen LogP contribution is -2.46. The van der Waals surface area contributed by atoms with Gasteiger partial charge in [0.05, 0.1) is 17.1 Å². The highest BCUT2D eigenvalue weighted by atomic mass is 16.6. The largest absolute Gasteiger partial charge is 0.388 e. The van der Waals surface area contributed by atoms with Crippen LogP contribution in [0.15, 0.2) is 24.3 Å². The highest BCUT2D eigenvalue weighted by Gasteiger charge is 2.26. The number of amides is 1. The highest BCUT2D eigenvalue weighted by Crippen LogP contribution is 2.26. The van der Waals surface area contributed by atoms with Crippen LogP contribution in [0.5, 0.6) is 0 Å². The SMILES string of the molecule is CC(C)C(C)(O)CNC(=O)CN(C)c1ccccc1[N+](=O)[O-]. The maximum Gasteiger partial charge on any atom is 0.292 e. The molecule has 1 amide bonds. The fraction of sp³-hybridized carbons (Fsp3) is 0.533. The van der Waals surface area contributed by atoms with Crippen LogP contribution in [-0.4, -0.2) is 41.7 Å². The summed E-state index contributed by atoms with van der Waals surface area (Å²) >= 11 is 0. The minimum atomic E-state index is -0.993. The van der Waals surface area contributed by atoms with Gasteiger partial charge in [0, 0.05) is 19.7 Å². The maximum atomic E-state index is 11.9. The lowest BCUT2D eigenvalue weighted by molar-refractivity contribution is -0.384. The van der Waals surface area contributed by atoms with Gasteiger partial charge in [0.2, 0.25) is 5.91 Å². The van der Waals surface area contributed by atoms with E-state index in [0.717, 1.165) is 0 Å². The lowest BCUT2D eigenvalue weighted by atomic mass is 9.92. The molecule has 0 bridgehead atoms. The Bertz CT molecular complexity index is 543. The number of rotatable bonds is 7. The molecule has 122 valence electrons. The van der Waals surface area contributed by atoms with Crippen molar-refractivity contribution in [2.75, 3.05) is 25.0 Å². The molecule has 0 aliphatic carbocycles. The van der Waals surface area contributed by atoms with Gasteiger partial charge in [-0.3, -0.25) is 14.9 Å². The van der Waals surface area contributed by atoms with Gasteiger partial charge in [0.25, 0.3) is 5.69 Å². The van der Waals surface area contributed by atoms with Crippen molar-refractivity contribution in [1.29, 1.82) is 0 Å². The smallest absolute Gasteiger partial charge is 0.292 e. The van der Waals surface area contributed by atoms with Crippen LogP contribution in [0.25, 0.3) is 0 Å². The first-order valence-corrected chi connectivity index (χ1v) is 7.08. The molecule has 1 rings (SSSR count). The molecule has 1 aromatic rings. The number of aliphatic hydroxyl groups is 1. The molecule has 0 saturated heterocycles. The van der Waals surface area contributed by atoms with E-state index in [0.29, 0.717) is 5.69 Å². The summed E-state index contributed by atoms with van der Waals surface area (Å²) in [6.07, 6.45) is 0. The standard InChI is InChI=1S/C15H23N3O4/c1-11(2)15(3,20)10-16-14(19)9-17(4)12-7-5-6-8-13(12)18(21)22/h5-8,11,20H,9-10H2,1-4H3,(H,16,19). The summed E-state index contributed by atoms with van der Waals surface area (Å²) in [7, 11) is 1.61. The quantitative estimate of drug-likeness (QED) is 0.588. The van der Waals surface area contributed by atoms with Crippen molar-refractivity contribution in [3.8, 4) is 0 Å². The van der Waals surface area contributed by atoms with E-state index in [1.807, 2.05) is 13.8 Å². The average molecular weight is 309 g/mol. The predicted octanol–water partition coefficient (Wildman–Crippen LogP) is 1.55. The van der Waals surface area contributed by atoms with Crippen molar-refractivity contribution < 1.29 is 14.8 Å². The summed E-state index contributed by atoms with van der Waals surface area (Å²) in [5, 5.41) is 23.7. The second-order valence-electron chi connectivity index (χ2n) is 5.89. The van der Waals surface area contributed by atoms with Crippen molar-refractivity contribution in [2.24, 2.45) is 5.92 Å². The third-order valence-corrected chi connectivity index (χ3v) is 3.76. The number of benzene rings is 1. The molecule has 1 aromatic carbocycles. The van der Waals surface area contributed by atoms with Crippen molar-refractivity contribution in [1.82, 2.24) is 5.32 Å². The van der Waals surface area contributed by atoms with Gasteiger partial charge in [-0.1, -0.05) is 26.0 Å². The normalized spacial score (nSPS) is 13.5. The monoisotopic (exact) mass is 309 g/mol. The number of hydrogen-bond donors (Lipinski definition) is 2. The highest BCUT2D eigenvalue weighted by molar-refractivity contribution is 5.82. The molecule has 1 atom stereocenters. The molecule has 0 aliphatic rings. The van der Waals surface area contributed by atoms with Crippen LogP contribution in [0.1, 0.15) is 20.8 Å². The second kappa shape index (κ2) is 7.22. The number of likely N-dealkylation sites (N-methyl/N-ethyl adjacent to an activating group) is 1. The minimum absolute atomic E-state index is 0.000686. The topological polar surface area (TPSA) is 95.7 Å². The fourth-order valence-corrected chi connectivity index (χ4v) is 1.78. The zero-order valence-electron chi connectivity index (χ0n) is 13.4. The third-order valence-electron chi connectivity index (χ3n) is 3.76. The Morgan fingerprint density at radius 2 is 2.05 bits per heavy atom. The van der Waals surface area contributed by atoms with Crippen LogP contribution in [0.2, 0.25) is 0 Å². The number of anilines is 1. The number of nitro groups is 1. The van der Waals surface area contributed by atoms with E-state index in [-0.39, 0.29) is 30.6 Å². The molecule has 2 N–H and O–H groups in total. The molecule has 0 heterocycles. The van der Waals surface area contributed by atoms with Gasteiger partial charge in [-0.05, 0) is 18.9 Å². The summed E-state index contributed by atoms with van der Waals surface area (Å²) in [6, 6.07) is 6.25. The van der Waals surface area contributed by atoms with Gasteiger partial charge in [0.15, 0.2) is 0 Å². The van der Waals surface area contributed by atoms with Crippen LogP contribution < -0.4 is 10.2 Å². The maximum absolute atomic E-state index is 11.9. The molecular formula is C15H23N3O4. The van der Waals surface area contributed by atoms with Gasteiger partial charge in [-0.25, -0.2) is 0 Å². The number of nitrogens with one attached hydrogen (secondary N) is 1. The molecule has 7 heteroatoms. The average Bonchev–Trinajstić information content (AvgIpc) is 2.45. The summed E-state index contributed by atoms with van der Waals surface area (Å²) in [4.78, 5) is 24.0. The lowest BCUT2D eigenvalue weighted by Gasteiger charge is -2.28. The first-order valence-electron chi connectivity index (χ1n) is 7.08. The number of nitrogens with zero attached hydrogens (tertiary/aromatic N) is 2. The van der Waals surface area contributed by atoms with Crippen LogP contribution in [-0.2, 0) is 4.79 Å². The molecule has 7 nitrogen and oxygen atoms in total.